The Balaban J connectivity index is 1.47. The quantitative estimate of drug-likeness (QED) is 0.314. The van der Waals surface area contributed by atoms with Crippen LogP contribution in [0.3, 0.4) is 0 Å². The van der Waals surface area contributed by atoms with Crippen molar-refractivity contribution in [2.45, 2.75) is 32.1 Å². The third kappa shape index (κ3) is 3.91. The number of nitriles is 2. The fraction of sp³-hybridized carbons (Fsp3) is 0.333. The number of nitrogens with zero attached hydrogens (tertiary/aromatic N) is 5. The summed E-state index contributed by atoms with van der Waals surface area (Å²) >= 11 is 0. The predicted octanol–water partition coefficient (Wildman–Crippen LogP) is 4.78. The Morgan fingerprint density at radius 1 is 0.882 bits per heavy atom. The lowest BCUT2D eigenvalue weighted by Crippen LogP contribution is -2.31. The largest absolute Gasteiger partial charge is 0.363 e. The zero-order valence-corrected chi connectivity index (χ0v) is 19.0. The van der Waals surface area contributed by atoms with Crippen molar-refractivity contribution in [1.29, 1.82) is 10.5 Å². The van der Waals surface area contributed by atoms with Crippen LogP contribution < -0.4 is 0 Å². The maximum absolute atomic E-state index is 11.2. The number of allylic oxidation sites excluding steroid dienone is 2. The van der Waals surface area contributed by atoms with E-state index in [0.717, 1.165) is 42.9 Å². The van der Waals surface area contributed by atoms with Crippen LogP contribution in [0.2, 0.25) is 0 Å². The molecule has 0 saturated carbocycles. The molecule has 3 aliphatic rings. The van der Waals surface area contributed by atoms with Crippen molar-refractivity contribution < 1.29 is 4.92 Å². The highest BCUT2D eigenvalue weighted by Gasteiger charge is 2.25. The van der Waals surface area contributed by atoms with Gasteiger partial charge in [0.25, 0.3) is 0 Å². The Morgan fingerprint density at radius 2 is 1.47 bits per heavy atom. The summed E-state index contributed by atoms with van der Waals surface area (Å²) in [5, 5.41) is 29.8. The van der Waals surface area contributed by atoms with Gasteiger partial charge in [-0.1, -0.05) is 30.3 Å². The number of benzene rings is 2. The Labute approximate surface area is 199 Å². The van der Waals surface area contributed by atoms with Gasteiger partial charge in [0.15, 0.2) is 6.07 Å². The van der Waals surface area contributed by atoms with Crippen molar-refractivity contribution in [3.63, 3.8) is 0 Å². The lowest BCUT2D eigenvalue weighted by molar-refractivity contribution is -0.416. The maximum atomic E-state index is 11.2. The molecule has 34 heavy (non-hydrogen) atoms. The van der Waals surface area contributed by atoms with Crippen molar-refractivity contribution in [3.05, 3.63) is 80.3 Å². The average molecular weight is 452 g/mol. The number of nitro groups is 1. The molecule has 2 aromatic rings. The lowest BCUT2D eigenvalue weighted by Gasteiger charge is -2.30. The summed E-state index contributed by atoms with van der Waals surface area (Å²) in [6, 6.07) is 15.3. The molecular formula is C27H25N5O2. The second-order valence-electron chi connectivity index (χ2n) is 9.06. The van der Waals surface area contributed by atoms with Crippen LogP contribution in [-0.2, 0) is 6.42 Å². The van der Waals surface area contributed by atoms with Gasteiger partial charge in [-0.05, 0) is 72.1 Å². The molecule has 0 unspecified atom stereocenters. The minimum atomic E-state index is -0.794. The normalized spacial score (nSPS) is 16.9. The molecule has 0 aromatic heterocycles. The van der Waals surface area contributed by atoms with Crippen LogP contribution in [0.1, 0.15) is 47.9 Å². The predicted molar refractivity (Wildman–Crippen MR) is 129 cm³/mol. The molecule has 0 N–H and O–H groups in total. The third-order valence-electron chi connectivity index (χ3n) is 6.99. The van der Waals surface area contributed by atoms with Gasteiger partial charge in [0.2, 0.25) is 0 Å². The molecule has 2 saturated heterocycles. The molecule has 0 radical (unpaired) electrons. The molecule has 5 rings (SSSR count). The number of hydrogen-bond donors (Lipinski definition) is 0. The fourth-order valence-corrected chi connectivity index (χ4v) is 5.34. The first-order valence-corrected chi connectivity index (χ1v) is 11.8. The number of fused-ring (bicyclic) bond motifs is 3. The van der Waals surface area contributed by atoms with Gasteiger partial charge in [0.1, 0.15) is 17.5 Å². The Bertz CT molecular complexity index is 1280. The summed E-state index contributed by atoms with van der Waals surface area (Å²) in [7, 11) is 0. The second-order valence-corrected chi connectivity index (χ2v) is 9.06. The highest BCUT2D eigenvalue weighted by Crippen LogP contribution is 2.39. The van der Waals surface area contributed by atoms with E-state index in [-0.39, 0.29) is 5.57 Å². The fourth-order valence-electron chi connectivity index (χ4n) is 5.34. The van der Waals surface area contributed by atoms with Crippen LogP contribution in [0.15, 0.2) is 47.9 Å². The molecule has 2 fully saturated rings. The SMILES string of the molecule is N#C/C(=C(/C#N)[N+](=O)[O-])c1ccc2c(c1)Cc1cc(C=C(N3CCCC3)N3CCCC3)ccc1-2. The second kappa shape index (κ2) is 9.03. The van der Waals surface area contributed by atoms with Gasteiger partial charge < -0.3 is 9.80 Å². The summed E-state index contributed by atoms with van der Waals surface area (Å²) in [5.41, 5.74) is 5.12. The van der Waals surface area contributed by atoms with E-state index in [1.54, 1.807) is 12.1 Å². The Kier molecular flexibility index (Phi) is 5.77. The summed E-state index contributed by atoms with van der Waals surface area (Å²) < 4.78 is 0. The average Bonchev–Trinajstić information content (AvgIpc) is 3.61. The Morgan fingerprint density at radius 3 is 2.03 bits per heavy atom. The number of likely N-dealkylation sites (tertiary alicyclic amines) is 2. The van der Waals surface area contributed by atoms with Crippen molar-refractivity contribution in [1.82, 2.24) is 9.80 Å². The first-order chi connectivity index (χ1) is 16.6. The molecule has 0 spiro atoms. The molecule has 0 atom stereocenters. The minimum Gasteiger partial charge on any atom is -0.358 e. The van der Waals surface area contributed by atoms with E-state index in [2.05, 4.69) is 34.1 Å². The van der Waals surface area contributed by atoms with Gasteiger partial charge in [-0.15, -0.1) is 0 Å². The standard InChI is InChI=1S/C27H25N5O2/c28-17-25(26(18-29)32(33)34)20-6-8-24-22(15-20)16-21-13-19(5-7-23(21)24)14-27(30-9-1-2-10-30)31-11-3-4-12-31/h5-8,13-15H,1-4,9-12,16H2/b26-25+. The number of rotatable bonds is 5. The molecule has 1 aliphatic carbocycles. The van der Waals surface area contributed by atoms with Gasteiger partial charge in [-0.25, -0.2) is 0 Å². The van der Waals surface area contributed by atoms with Crippen molar-refractivity contribution in [2.75, 3.05) is 26.2 Å². The third-order valence-corrected chi connectivity index (χ3v) is 6.99. The molecule has 7 heteroatoms. The van der Waals surface area contributed by atoms with E-state index in [0.29, 0.717) is 12.0 Å². The summed E-state index contributed by atoms with van der Waals surface area (Å²) in [6.07, 6.45) is 8.00. The molecular weight excluding hydrogens is 426 g/mol. The first-order valence-electron chi connectivity index (χ1n) is 11.8. The van der Waals surface area contributed by atoms with E-state index >= 15 is 0 Å². The molecule has 2 heterocycles. The molecule has 0 bridgehead atoms. The maximum Gasteiger partial charge on any atom is 0.363 e. The van der Waals surface area contributed by atoms with E-state index < -0.39 is 10.6 Å². The molecule has 2 aromatic carbocycles. The summed E-state index contributed by atoms with van der Waals surface area (Å²) in [6.45, 7) is 4.46. The lowest BCUT2D eigenvalue weighted by atomic mass is 9.98. The van der Waals surface area contributed by atoms with Crippen LogP contribution in [0.4, 0.5) is 0 Å². The van der Waals surface area contributed by atoms with E-state index in [1.807, 2.05) is 18.2 Å². The summed E-state index contributed by atoms with van der Waals surface area (Å²) in [5.74, 6) is 1.33. The highest BCUT2D eigenvalue weighted by atomic mass is 16.6. The smallest absolute Gasteiger partial charge is 0.358 e. The van der Waals surface area contributed by atoms with Gasteiger partial charge in [0.05, 0.1) is 4.92 Å². The van der Waals surface area contributed by atoms with Crippen LogP contribution in [0, 0.1) is 32.8 Å². The van der Waals surface area contributed by atoms with Crippen molar-refractivity contribution >= 4 is 11.6 Å². The van der Waals surface area contributed by atoms with Crippen LogP contribution >= 0.6 is 0 Å². The van der Waals surface area contributed by atoms with Crippen LogP contribution in [0.5, 0.6) is 0 Å². The van der Waals surface area contributed by atoms with Crippen molar-refractivity contribution in [3.8, 4) is 23.3 Å². The van der Waals surface area contributed by atoms with E-state index in [4.69, 9.17) is 5.26 Å². The van der Waals surface area contributed by atoms with Crippen LogP contribution in [0.25, 0.3) is 22.8 Å². The first kappa shape index (κ1) is 21.7. The minimum absolute atomic E-state index is 0.198. The van der Waals surface area contributed by atoms with Crippen molar-refractivity contribution in [2.24, 2.45) is 0 Å². The van der Waals surface area contributed by atoms with Crippen LogP contribution in [-0.4, -0.2) is 40.9 Å². The van der Waals surface area contributed by atoms with E-state index in [9.17, 15) is 15.4 Å². The Hall–Kier alpha value is -4.10. The summed E-state index contributed by atoms with van der Waals surface area (Å²) in [4.78, 5) is 15.4. The topological polar surface area (TPSA) is 97.2 Å². The van der Waals surface area contributed by atoms with E-state index in [1.165, 1.54) is 42.6 Å². The number of hydrogen-bond acceptors (Lipinski definition) is 6. The zero-order valence-electron chi connectivity index (χ0n) is 19.0. The van der Waals surface area contributed by atoms with Gasteiger partial charge >= 0.3 is 5.70 Å². The monoisotopic (exact) mass is 451 g/mol. The molecule has 7 nitrogen and oxygen atoms in total. The molecule has 2 aliphatic heterocycles. The van der Waals surface area contributed by atoms with Gasteiger partial charge in [-0.3, -0.25) is 10.1 Å². The molecule has 170 valence electrons. The van der Waals surface area contributed by atoms with Gasteiger partial charge in [0, 0.05) is 31.7 Å². The highest BCUT2D eigenvalue weighted by molar-refractivity contribution is 5.85. The van der Waals surface area contributed by atoms with Gasteiger partial charge in [-0.2, -0.15) is 10.5 Å². The molecule has 0 amide bonds. The zero-order chi connectivity index (χ0) is 23.7.